The molecule has 1 heterocycles. The van der Waals surface area contributed by atoms with Gasteiger partial charge in [-0.25, -0.2) is 0 Å². The van der Waals surface area contributed by atoms with Gasteiger partial charge in [-0.2, -0.15) is 0 Å². The Hall–Kier alpha value is -1.75. The van der Waals surface area contributed by atoms with Gasteiger partial charge in [0.2, 0.25) is 12.7 Å². The van der Waals surface area contributed by atoms with Crippen molar-refractivity contribution in [2.24, 2.45) is 0 Å². The van der Waals surface area contributed by atoms with E-state index in [-0.39, 0.29) is 12.7 Å². The fourth-order valence-corrected chi connectivity index (χ4v) is 2.86. The van der Waals surface area contributed by atoms with Crippen molar-refractivity contribution in [2.75, 3.05) is 13.3 Å². The van der Waals surface area contributed by atoms with Gasteiger partial charge in [0.1, 0.15) is 0 Å². The van der Waals surface area contributed by atoms with Crippen molar-refractivity contribution in [2.45, 2.75) is 44.7 Å². The lowest BCUT2D eigenvalue weighted by Gasteiger charge is -2.22. The van der Waals surface area contributed by atoms with Crippen LogP contribution in [0.5, 0.6) is 11.5 Å². The quantitative estimate of drug-likeness (QED) is 0.870. The van der Waals surface area contributed by atoms with Gasteiger partial charge in [0.25, 0.3) is 0 Å². The van der Waals surface area contributed by atoms with Crippen LogP contribution in [0.4, 0.5) is 0 Å². The molecule has 0 radical (unpaired) electrons. The van der Waals surface area contributed by atoms with E-state index in [0.717, 1.165) is 17.1 Å². The summed E-state index contributed by atoms with van der Waals surface area (Å²) in [6, 6.07) is 6.25. The van der Waals surface area contributed by atoms with Crippen molar-refractivity contribution in [3.63, 3.8) is 0 Å². The lowest BCUT2D eigenvalue weighted by Crippen LogP contribution is -2.39. The van der Waals surface area contributed by atoms with Crippen LogP contribution >= 0.6 is 0 Å². The minimum Gasteiger partial charge on any atom is -0.454 e. The third kappa shape index (κ3) is 3.88. The van der Waals surface area contributed by atoms with Crippen LogP contribution in [-0.2, 0) is 11.3 Å². The first-order valence-corrected chi connectivity index (χ1v) is 7.70. The Morgan fingerprint density at radius 3 is 2.81 bits per heavy atom. The number of hydrogen-bond acceptors (Lipinski definition) is 4. The summed E-state index contributed by atoms with van der Waals surface area (Å²) in [7, 11) is 0. The molecule has 21 heavy (non-hydrogen) atoms. The number of hydrogen-bond donors (Lipinski definition) is 2. The van der Waals surface area contributed by atoms with E-state index in [4.69, 9.17) is 9.47 Å². The smallest absolute Gasteiger partial charge is 0.234 e. The molecule has 1 fully saturated rings. The summed E-state index contributed by atoms with van der Waals surface area (Å²) in [5.74, 6) is 1.56. The molecule has 0 saturated heterocycles. The molecule has 3 rings (SSSR count). The Bertz CT molecular complexity index is 498. The zero-order valence-electron chi connectivity index (χ0n) is 12.2. The molecule has 1 aromatic rings. The van der Waals surface area contributed by atoms with Crippen LogP contribution in [0.1, 0.15) is 37.7 Å². The zero-order valence-corrected chi connectivity index (χ0v) is 12.2. The first-order valence-electron chi connectivity index (χ1n) is 7.70. The standard InChI is InChI=1S/C16H22N2O3/c19-16(10-17-13-4-2-1-3-5-13)18-9-12-6-7-14-15(8-12)21-11-20-14/h6-8,13,17H,1-5,9-11H2,(H,18,19). The number of benzene rings is 1. The number of fused-ring (bicyclic) bond motifs is 1. The Labute approximate surface area is 125 Å². The van der Waals surface area contributed by atoms with Crippen molar-refractivity contribution in [3.05, 3.63) is 23.8 Å². The Morgan fingerprint density at radius 2 is 1.95 bits per heavy atom. The van der Waals surface area contributed by atoms with Gasteiger partial charge in [-0.05, 0) is 30.5 Å². The van der Waals surface area contributed by atoms with Gasteiger partial charge in [-0.15, -0.1) is 0 Å². The van der Waals surface area contributed by atoms with E-state index in [0.29, 0.717) is 19.1 Å². The van der Waals surface area contributed by atoms with Crippen LogP contribution in [0.15, 0.2) is 18.2 Å². The van der Waals surface area contributed by atoms with E-state index in [1.165, 1.54) is 32.1 Å². The van der Waals surface area contributed by atoms with Crippen LogP contribution < -0.4 is 20.1 Å². The fraction of sp³-hybridized carbons (Fsp3) is 0.562. The number of nitrogens with one attached hydrogen (secondary N) is 2. The number of carbonyl (C=O) groups excluding carboxylic acids is 1. The predicted octanol–water partition coefficient (Wildman–Crippen LogP) is 1.95. The van der Waals surface area contributed by atoms with E-state index in [1.807, 2.05) is 18.2 Å². The Kier molecular flexibility index (Phi) is 4.60. The molecule has 2 aliphatic rings. The summed E-state index contributed by atoms with van der Waals surface area (Å²) >= 11 is 0. The summed E-state index contributed by atoms with van der Waals surface area (Å²) in [4.78, 5) is 11.9. The zero-order chi connectivity index (χ0) is 14.5. The largest absolute Gasteiger partial charge is 0.454 e. The lowest BCUT2D eigenvalue weighted by molar-refractivity contribution is -0.120. The van der Waals surface area contributed by atoms with Crippen LogP contribution in [0.25, 0.3) is 0 Å². The van der Waals surface area contributed by atoms with Crippen LogP contribution in [0, 0.1) is 0 Å². The van der Waals surface area contributed by atoms with E-state index in [1.54, 1.807) is 0 Å². The Morgan fingerprint density at radius 1 is 1.14 bits per heavy atom. The normalized spacial score (nSPS) is 17.7. The minimum absolute atomic E-state index is 0.0400. The van der Waals surface area contributed by atoms with E-state index >= 15 is 0 Å². The Balaban J connectivity index is 1.41. The topological polar surface area (TPSA) is 59.6 Å². The molecule has 2 N–H and O–H groups in total. The molecule has 0 spiro atoms. The van der Waals surface area contributed by atoms with E-state index in [9.17, 15) is 4.79 Å². The average Bonchev–Trinajstić information content (AvgIpc) is 2.99. The number of amides is 1. The molecule has 0 bridgehead atoms. The molecular formula is C16H22N2O3. The second-order valence-corrected chi connectivity index (χ2v) is 5.68. The van der Waals surface area contributed by atoms with Crippen LogP contribution in [0.3, 0.4) is 0 Å². The van der Waals surface area contributed by atoms with Gasteiger partial charge in [-0.1, -0.05) is 25.3 Å². The molecule has 0 unspecified atom stereocenters. The molecular weight excluding hydrogens is 268 g/mol. The molecule has 5 heteroatoms. The van der Waals surface area contributed by atoms with Gasteiger partial charge in [0.15, 0.2) is 11.5 Å². The maximum absolute atomic E-state index is 11.9. The van der Waals surface area contributed by atoms with Crippen molar-refractivity contribution in [1.82, 2.24) is 10.6 Å². The molecule has 0 aromatic heterocycles. The van der Waals surface area contributed by atoms with Gasteiger partial charge in [-0.3, -0.25) is 4.79 Å². The van der Waals surface area contributed by atoms with Crippen molar-refractivity contribution in [3.8, 4) is 11.5 Å². The summed E-state index contributed by atoms with van der Waals surface area (Å²) in [6.07, 6.45) is 6.26. The molecule has 114 valence electrons. The van der Waals surface area contributed by atoms with Crippen molar-refractivity contribution >= 4 is 5.91 Å². The summed E-state index contributed by atoms with van der Waals surface area (Å²) in [6.45, 7) is 1.19. The third-order valence-corrected chi connectivity index (χ3v) is 4.08. The summed E-state index contributed by atoms with van der Waals surface area (Å²) in [5.41, 5.74) is 1.02. The maximum atomic E-state index is 11.9. The van der Waals surface area contributed by atoms with Gasteiger partial charge < -0.3 is 20.1 Å². The highest BCUT2D eigenvalue weighted by Gasteiger charge is 2.15. The van der Waals surface area contributed by atoms with Gasteiger partial charge >= 0.3 is 0 Å². The first-order chi connectivity index (χ1) is 10.3. The maximum Gasteiger partial charge on any atom is 0.234 e. The number of rotatable bonds is 5. The summed E-state index contributed by atoms with van der Waals surface area (Å²) in [5, 5.41) is 6.27. The molecule has 1 amide bonds. The van der Waals surface area contributed by atoms with Gasteiger partial charge in [0, 0.05) is 12.6 Å². The second-order valence-electron chi connectivity index (χ2n) is 5.68. The molecule has 1 aliphatic carbocycles. The highest BCUT2D eigenvalue weighted by molar-refractivity contribution is 5.78. The van der Waals surface area contributed by atoms with Crippen molar-refractivity contribution < 1.29 is 14.3 Å². The molecule has 1 aliphatic heterocycles. The molecule has 5 nitrogen and oxygen atoms in total. The second kappa shape index (κ2) is 6.80. The van der Waals surface area contributed by atoms with E-state index < -0.39 is 0 Å². The fourth-order valence-electron chi connectivity index (χ4n) is 2.86. The number of ether oxygens (including phenoxy) is 2. The highest BCUT2D eigenvalue weighted by Crippen LogP contribution is 2.32. The molecule has 1 aromatic carbocycles. The van der Waals surface area contributed by atoms with Crippen LogP contribution in [0.2, 0.25) is 0 Å². The van der Waals surface area contributed by atoms with Crippen LogP contribution in [-0.4, -0.2) is 25.3 Å². The third-order valence-electron chi connectivity index (χ3n) is 4.08. The number of carbonyl (C=O) groups is 1. The van der Waals surface area contributed by atoms with Gasteiger partial charge in [0.05, 0.1) is 6.54 Å². The molecule has 1 saturated carbocycles. The summed E-state index contributed by atoms with van der Waals surface area (Å²) < 4.78 is 10.6. The van der Waals surface area contributed by atoms with Crippen molar-refractivity contribution in [1.29, 1.82) is 0 Å². The average molecular weight is 290 g/mol. The SMILES string of the molecule is O=C(CNC1CCCCC1)NCc1ccc2c(c1)OCO2. The van der Waals surface area contributed by atoms with E-state index in [2.05, 4.69) is 10.6 Å². The predicted molar refractivity (Wildman–Crippen MR) is 79.3 cm³/mol. The minimum atomic E-state index is 0.0400. The first kappa shape index (κ1) is 14.2. The monoisotopic (exact) mass is 290 g/mol. The molecule has 0 atom stereocenters. The highest BCUT2D eigenvalue weighted by atomic mass is 16.7. The lowest BCUT2D eigenvalue weighted by atomic mass is 9.95.